The Balaban J connectivity index is 2.82. The maximum absolute atomic E-state index is 12.0. The zero-order chi connectivity index (χ0) is 15.8. The van der Waals surface area contributed by atoms with E-state index in [1.165, 1.54) is 7.11 Å². The zero-order valence-corrected chi connectivity index (χ0v) is 14.1. The molecule has 0 aliphatic rings. The van der Waals surface area contributed by atoms with Crippen LogP contribution in [0.25, 0.3) is 0 Å². The topological polar surface area (TPSA) is 67.4 Å². The highest BCUT2D eigenvalue weighted by atomic mass is 79.9. The van der Waals surface area contributed by atoms with Gasteiger partial charge in [0.25, 0.3) is 0 Å². The van der Waals surface area contributed by atoms with Crippen molar-refractivity contribution in [2.75, 3.05) is 7.11 Å². The van der Waals surface area contributed by atoms with Crippen LogP contribution >= 0.6 is 15.9 Å². The minimum absolute atomic E-state index is 0.0753. The van der Waals surface area contributed by atoms with Gasteiger partial charge in [-0.15, -0.1) is 0 Å². The van der Waals surface area contributed by atoms with Crippen molar-refractivity contribution in [2.45, 2.75) is 38.8 Å². The van der Waals surface area contributed by atoms with E-state index in [1.807, 2.05) is 38.1 Å². The molecule has 5 nitrogen and oxygen atoms in total. The molecule has 2 N–H and O–H groups in total. The molecule has 1 aromatic rings. The predicted octanol–water partition coefficient (Wildman–Crippen LogP) is 3.15. The van der Waals surface area contributed by atoms with Crippen LogP contribution in [-0.4, -0.2) is 25.2 Å². The van der Waals surface area contributed by atoms with Crippen molar-refractivity contribution < 1.29 is 14.3 Å². The summed E-state index contributed by atoms with van der Waals surface area (Å²) in [5, 5.41) is 5.64. The number of amides is 2. The highest BCUT2D eigenvalue weighted by molar-refractivity contribution is 9.10. The maximum Gasteiger partial charge on any atom is 0.315 e. The summed E-state index contributed by atoms with van der Waals surface area (Å²) >= 11 is 3.39. The second-order valence-corrected chi connectivity index (χ2v) is 5.73. The van der Waals surface area contributed by atoms with Crippen molar-refractivity contribution in [3.8, 4) is 0 Å². The molecule has 0 bridgehead atoms. The van der Waals surface area contributed by atoms with Crippen LogP contribution in [0.15, 0.2) is 28.7 Å². The maximum atomic E-state index is 12.0. The first-order chi connectivity index (χ1) is 9.96. The molecule has 116 valence electrons. The Morgan fingerprint density at radius 2 is 2.05 bits per heavy atom. The fourth-order valence-electron chi connectivity index (χ4n) is 1.75. The summed E-state index contributed by atoms with van der Waals surface area (Å²) in [6, 6.07) is 6.83. The van der Waals surface area contributed by atoms with Gasteiger partial charge >= 0.3 is 12.0 Å². The summed E-state index contributed by atoms with van der Waals surface area (Å²) in [7, 11) is 1.33. The first kappa shape index (κ1) is 17.5. The van der Waals surface area contributed by atoms with Crippen LogP contribution in [0.3, 0.4) is 0 Å². The number of halogens is 1. The van der Waals surface area contributed by atoms with Crippen LogP contribution in [-0.2, 0) is 9.53 Å². The highest BCUT2D eigenvalue weighted by Gasteiger charge is 2.19. The van der Waals surface area contributed by atoms with Crippen LogP contribution in [0.4, 0.5) is 4.79 Å². The van der Waals surface area contributed by atoms with Crippen LogP contribution in [0.5, 0.6) is 0 Å². The minimum atomic E-state index is -0.431. The molecule has 0 aromatic heterocycles. The lowest BCUT2D eigenvalue weighted by molar-refractivity contribution is -0.141. The van der Waals surface area contributed by atoms with Crippen molar-refractivity contribution in [1.82, 2.24) is 10.6 Å². The number of esters is 1. The number of nitrogens with one attached hydrogen (secondary N) is 2. The molecule has 0 heterocycles. The Morgan fingerprint density at radius 1 is 1.33 bits per heavy atom. The number of hydrogen-bond donors (Lipinski definition) is 2. The summed E-state index contributed by atoms with van der Waals surface area (Å²) in [4.78, 5) is 23.5. The van der Waals surface area contributed by atoms with Gasteiger partial charge in [0.15, 0.2) is 0 Å². The standard InChI is InChI=1S/C15H21BrN2O3/c1-4-10(2)17-15(20)18-13(9-14(19)21-3)11-6-5-7-12(16)8-11/h5-8,10,13H,4,9H2,1-3H3,(H2,17,18,20). The van der Waals surface area contributed by atoms with Crippen molar-refractivity contribution in [3.05, 3.63) is 34.3 Å². The number of urea groups is 1. The van der Waals surface area contributed by atoms with Crippen molar-refractivity contribution in [3.63, 3.8) is 0 Å². The van der Waals surface area contributed by atoms with Crippen LogP contribution in [0.1, 0.15) is 38.3 Å². The molecule has 2 atom stereocenters. The quantitative estimate of drug-likeness (QED) is 0.769. The van der Waals surface area contributed by atoms with Crippen LogP contribution in [0, 0.1) is 0 Å². The van der Waals surface area contributed by atoms with Gasteiger partial charge in [-0.1, -0.05) is 35.0 Å². The van der Waals surface area contributed by atoms with E-state index in [-0.39, 0.29) is 24.5 Å². The van der Waals surface area contributed by atoms with Gasteiger partial charge < -0.3 is 15.4 Å². The van der Waals surface area contributed by atoms with Gasteiger partial charge in [0.05, 0.1) is 19.6 Å². The van der Waals surface area contributed by atoms with Gasteiger partial charge in [0.2, 0.25) is 0 Å². The SMILES string of the molecule is CCC(C)NC(=O)NC(CC(=O)OC)c1cccc(Br)c1. The van der Waals surface area contributed by atoms with E-state index in [9.17, 15) is 9.59 Å². The van der Waals surface area contributed by atoms with Crippen molar-refractivity contribution >= 4 is 27.9 Å². The van der Waals surface area contributed by atoms with Crippen LogP contribution < -0.4 is 10.6 Å². The van der Waals surface area contributed by atoms with Gasteiger partial charge in [0.1, 0.15) is 0 Å². The van der Waals surface area contributed by atoms with Gasteiger partial charge in [0, 0.05) is 10.5 Å². The van der Waals surface area contributed by atoms with E-state index in [1.54, 1.807) is 0 Å². The molecule has 0 spiro atoms. The van der Waals surface area contributed by atoms with Crippen molar-refractivity contribution in [1.29, 1.82) is 0 Å². The third-order valence-electron chi connectivity index (χ3n) is 3.14. The fraction of sp³-hybridized carbons (Fsp3) is 0.467. The third kappa shape index (κ3) is 6.16. The number of rotatable bonds is 6. The van der Waals surface area contributed by atoms with E-state index < -0.39 is 6.04 Å². The molecule has 1 aromatic carbocycles. The Kier molecular flexibility index (Phi) is 7.22. The molecule has 0 saturated carbocycles. The summed E-state index contributed by atoms with van der Waals surface area (Å²) < 4.78 is 5.58. The molecule has 1 rings (SSSR count). The average Bonchev–Trinajstić information content (AvgIpc) is 2.46. The second kappa shape index (κ2) is 8.67. The smallest absolute Gasteiger partial charge is 0.315 e. The fourth-order valence-corrected chi connectivity index (χ4v) is 2.17. The van der Waals surface area contributed by atoms with E-state index in [0.717, 1.165) is 16.5 Å². The minimum Gasteiger partial charge on any atom is -0.469 e. The van der Waals surface area contributed by atoms with E-state index in [2.05, 4.69) is 26.6 Å². The third-order valence-corrected chi connectivity index (χ3v) is 3.64. The molecule has 0 saturated heterocycles. The molecule has 0 aliphatic carbocycles. The van der Waals surface area contributed by atoms with E-state index >= 15 is 0 Å². The number of benzene rings is 1. The van der Waals surface area contributed by atoms with Crippen molar-refractivity contribution in [2.24, 2.45) is 0 Å². The number of carbonyl (C=O) groups is 2. The molecule has 0 aliphatic heterocycles. The van der Waals surface area contributed by atoms with E-state index in [0.29, 0.717) is 0 Å². The lowest BCUT2D eigenvalue weighted by atomic mass is 10.0. The summed E-state index contributed by atoms with van der Waals surface area (Å²) in [5.74, 6) is -0.371. The number of hydrogen-bond acceptors (Lipinski definition) is 3. The first-order valence-electron chi connectivity index (χ1n) is 6.85. The van der Waals surface area contributed by atoms with Gasteiger partial charge in [-0.25, -0.2) is 4.79 Å². The van der Waals surface area contributed by atoms with Gasteiger partial charge in [-0.3, -0.25) is 4.79 Å². The Labute approximate surface area is 133 Å². The summed E-state index contributed by atoms with van der Waals surface area (Å²) in [6.07, 6.45) is 0.923. The van der Waals surface area contributed by atoms with Crippen LogP contribution in [0.2, 0.25) is 0 Å². The molecular weight excluding hydrogens is 336 g/mol. The Morgan fingerprint density at radius 3 is 2.62 bits per heavy atom. The second-order valence-electron chi connectivity index (χ2n) is 4.81. The van der Waals surface area contributed by atoms with Gasteiger partial charge in [-0.05, 0) is 31.0 Å². The Bertz CT molecular complexity index is 494. The summed E-state index contributed by atoms with van der Waals surface area (Å²) in [5.41, 5.74) is 0.842. The largest absolute Gasteiger partial charge is 0.469 e. The normalized spacial score (nSPS) is 13.1. The zero-order valence-electron chi connectivity index (χ0n) is 12.5. The molecule has 2 unspecified atom stereocenters. The van der Waals surface area contributed by atoms with E-state index in [4.69, 9.17) is 4.74 Å². The highest BCUT2D eigenvalue weighted by Crippen LogP contribution is 2.21. The molecule has 6 heteroatoms. The monoisotopic (exact) mass is 356 g/mol. The lowest BCUT2D eigenvalue weighted by Gasteiger charge is -2.20. The Hall–Kier alpha value is -1.56. The molecule has 0 fully saturated rings. The molecule has 21 heavy (non-hydrogen) atoms. The number of ether oxygens (including phenoxy) is 1. The first-order valence-corrected chi connectivity index (χ1v) is 7.64. The van der Waals surface area contributed by atoms with Gasteiger partial charge in [-0.2, -0.15) is 0 Å². The molecule has 2 amide bonds. The number of carbonyl (C=O) groups excluding carboxylic acids is 2. The number of methoxy groups -OCH3 is 1. The molecule has 0 radical (unpaired) electrons. The lowest BCUT2D eigenvalue weighted by Crippen LogP contribution is -2.42. The molecular formula is C15H21BrN2O3. The predicted molar refractivity (Wildman–Crippen MR) is 84.9 cm³/mol. The summed E-state index contributed by atoms with van der Waals surface area (Å²) in [6.45, 7) is 3.92. The average molecular weight is 357 g/mol.